The Bertz CT molecular complexity index is 584. The van der Waals surface area contributed by atoms with Gasteiger partial charge in [0.15, 0.2) is 5.13 Å². The maximum absolute atomic E-state index is 12.1. The maximum Gasteiger partial charge on any atom is 0.276 e. The molecule has 1 aromatic heterocycles. The Hall–Kier alpha value is -1.03. The van der Waals surface area contributed by atoms with Crippen LogP contribution >= 0.6 is 11.3 Å². The van der Waals surface area contributed by atoms with E-state index in [-0.39, 0.29) is 24.9 Å². The van der Waals surface area contributed by atoms with Crippen LogP contribution in [0.4, 0.5) is 5.13 Å². The van der Waals surface area contributed by atoms with Crippen LogP contribution in [0.3, 0.4) is 0 Å². The highest BCUT2D eigenvalue weighted by molar-refractivity contribution is 7.86. The number of rotatable bonds is 3. The SMILES string of the molecule is Cc1nc(NC(=O)C2CCN(S(N)(=O)=O)CC2)sc1C. The van der Waals surface area contributed by atoms with E-state index in [9.17, 15) is 13.2 Å². The Kier molecular flexibility index (Phi) is 4.43. The van der Waals surface area contributed by atoms with Gasteiger partial charge in [0.2, 0.25) is 5.91 Å². The van der Waals surface area contributed by atoms with E-state index in [1.54, 1.807) is 0 Å². The quantitative estimate of drug-likeness (QED) is 0.852. The molecule has 112 valence electrons. The number of aromatic nitrogens is 1. The number of nitrogens with two attached hydrogens (primary N) is 1. The van der Waals surface area contributed by atoms with E-state index in [0.29, 0.717) is 18.0 Å². The topological polar surface area (TPSA) is 105 Å². The van der Waals surface area contributed by atoms with Crippen LogP contribution in [0.25, 0.3) is 0 Å². The summed E-state index contributed by atoms with van der Waals surface area (Å²) in [5, 5.41) is 8.46. The second-order valence-corrected chi connectivity index (χ2v) is 7.62. The molecule has 1 aromatic rings. The van der Waals surface area contributed by atoms with Gasteiger partial charge in [-0.05, 0) is 26.7 Å². The average molecular weight is 318 g/mol. The third-order valence-corrected chi connectivity index (χ3v) is 5.52. The van der Waals surface area contributed by atoms with Gasteiger partial charge in [0.25, 0.3) is 10.2 Å². The van der Waals surface area contributed by atoms with Crippen molar-refractivity contribution in [2.75, 3.05) is 18.4 Å². The molecule has 0 aromatic carbocycles. The molecule has 0 aliphatic carbocycles. The number of carbonyl (C=O) groups excluding carboxylic acids is 1. The van der Waals surface area contributed by atoms with Crippen molar-refractivity contribution in [3.05, 3.63) is 10.6 Å². The van der Waals surface area contributed by atoms with E-state index in [2.05, 4.69) is 10.3 Å². The Labute approximate surface area is 122 Å². The molecule has 7 nitrogen and oxygen atoms in total. The largest absolute Gasteiger partial charge is 0.302 e. The summed E-state index contributed by atoms with van der Waals surface area (Å²) in [6.45, 7) is 4.42. The highest BCUT2D eigenvalue weighted by Crippen LogP contribution is 2.24. The third-order valence-electron chi connectivity index (χ3n) is 3.44. The van der Waals surface area contributed by atoms with Crippen molar-refractivity contribution < 1.29 is 13.2 Å². The summed E-state index contributed by atoms with van der Waals surface area (Å²) in [5.41, 5.74) is 0.911. The van der Waals surface area contributed by atoms with Gasteiger partial charge >= 0.3 is 0 Å². The summed E-state index contributed by atoms with van der Waals surface area (Å²) in [4.78, 5) is 17.4. The molecule has 3 N–H and O–H groups in total. The van der Waals surface area contributed by atoms with Gasteiger partial charge in [-0.3, -0.25) is 4.79 Å². The third kappa shape index (κ3) is 3.54. The number of amides is 1. The summed E-state index contributed by atoms with van der Waals surface area (Å²) in [5.74, 6) is -0.301. The summed E-state index contributed by atoms with van der Waals surface area (Å²) in [6.07, 6.45) is 0.956. The second kappa shape index (κ2) is 5.76. The molecule has 9 heteroatoms. The lowest BCUT2D eigenvalue weighted by Gasteiger charge is -2.28. The first-order chi connectivity index (χ1) is 9.27. The van der Waals surface area contributed by atoms with E-state index in [1.807, 2.05) is 13.8 Å². The smallest absolute Gasteiger partial charge is 0.276 e. The minimum atomic E-state index is -3.64. The van der Waals surface area contributed by atoms with Crippen LogP contribution in [-0.4, -0.2) is 36.7 Å². The molecule has 1 fully saturated rings. The predicted octanol–water partition coefficient (Wildman–Crippen LogP) is 0.614. The zero-order valence-corrected chi connectivity index (χ0v) is 13.1. The number of nitrogens with one attached hydrogen (secondary N) is 1. The van der Waals surface area contributed by atoms with Crippen molar-refractivity contribution in [3.8, 4) is 0 Å². The predicted molar refractivity (Wildman–Crippen MR) is 77.6 cm³/mol. The number of hydrogen-bond acceptors (Lipinski definition) is 5. The molecule has 1 saturated heterocycles. The van der Waals surface area contributed by atoms with Gasteiger partial charge in [-0.25, -0.2) is 10.1 Å². The normalized spacial score (nSPS) is 18.1. The van der Waals surface area contributed by atoms with Gasteiger partial charge in [0.05, 0.1) is 5.69 Å². The molecule has 20 heavy (non-hydrogen) atoms. The summed E-state index contributed by atoms with van der Waals surface area (Å²) in [7, 11) is -3.64. The van der Waals surface area contributed by atoms with Gasteiger partial charge in [-0.2, -0.15) is 12.7 Å². The molecule has 0 radical (unpaired) electrons. The summed E-state index contributed by atoms with van der Waals surface area (Å²) >= 11 is 1.44. The molecular weight excluding hydrogens is 300 g/mol. The van der Waals surface area contributed by atoms with Crippen LogP contribution in [0, 0.1) is 19.8 Å². The summed E-state index contributed by atoms with van der Waals surface area (Å²) < 4.78 is 23.6. The van der Waals surface area contributed by atoms with Crippen LogP contribution in [0.2, 0.25) is 0 Å². The number of hydrogen-bond donors (Lipinski definition) is 2. The van der Waals surface area contributed by atoms with E-state index in [1.165, 1.54) is 15.6 Å². The molecule has 1 aliphatic heterocycles. The fourth-order valence-electron chi connectivity index (χ4n) is 2.11. The average Bonchev–Trinajstić information content (AvgIpc) is 2.67. The lowest BCUT2D eigenvalue weighted by molar-refractivity contribution is -0.120. The number of aryl methyl sites for hydroxylation is 2. The second-order valence-electron chi connectivity index (χ2n) is 4.87. The molecule has 2 rings (SSSR count). The molecule has 0 spiro atoms. The highest BCUT2D eigenvalue weighted by atomic mass is 32.2. The van der Waals surface area contributed by atoms with Gasteiger partial charge in [0, 0.05) is 23.9 Å². The molecule has 0 saturated carbocycles. The highest BCUT2D eigenvalue weighted by Gasteiger charge is 2.29. The Morgan fingerprint density at radius 3 is 2.45 bits per heavy atom. The maximum atomic E-state index is 12.1. The van der Waals surface area contributed by atoms with Crippen molar-refractivity contribution in [2.24, 2.45) is 11.1 Å². The molecule has 0 atom stereocenters. The van der Waals surface area contributed by atoms with Crippen molar-refractivity contribution in [3.63, 3.8) is 0 Å². The first-order valence-electron chi connectivity index (χ1n) is 6.30. The van der Waals surface area contributed by atoms with E-state index in [0.717, 1.165) is 10.6 Å². The van der Waals surface area contributed by atoms with Crippen molar-refractivity contribution in [2.45, 2.75) is 26.7 Å². The van der Waals surface area contributed by atoms with E-state index in [4.69, 9.17) is 5.14 Å². The zero-order valence-electron chi connectivity index (χ0n) is 11.4. The fraction of sp³-hybridized carbons (Fsp3) is 0.636. The number of nitrogens with zero attached hydrogens (tertiary/aromatic N) is 2. The molecule has 0 unspecified atom stereocenters. The van der Waals surface area contributed by atoms with E-state index >= 15 is 0 Å². The Morgan fingerprint density at radius 1 is 1.40 bits per heavy atom. The molecule has 1 amide bonds. The van der Waals surface area contributed by atoms with Gasteiger partial charge in [-0.1, -0.05) is 0 Å². The number of thiazole rings is 1. The molecule has 2 heterocycles. The van der Waals surface area contributed by atoms with Crippen LogP contribution < -0.4 is 10.5 Å². The van der Waals surface area contributed by atoms with Crippen LogP contribution in [0.1, 0.15) is 23.4 Å². The van der Waals surface area contributed by atoms with Crippen molar-refractivity contribution in [1.29, 1.82) is 0 Å². The standard InChI is InChI=1S/C11H18N4O3S2/c1-7-8(2)19-11(13-7)14-10(16)9-3-5-15(6-4-9)20(12,17)18/h9H,3-6H2,1-2H3,(H2,12,17,18)(H,13,14,16). The molecule has 0 bridgehead atoms. The number of anilines is 1. The molecular formula is C11H18N4O3S2. The van der Waals surface area contributed by atoms with Crippen LogP contribution in [0.15, 0.2) is 0 Å². The minimum Gasteiger partial charge on any atom is -0.302 e. The zero-order chi connectivity index (χ0) is 14.9. The molecule has 1 aliphatic rings. The Balaban J connectivity index is 1.92. The lowest BCUT2D eigenvalue weighted by Crippen LogP contribution is -2.44. The Morgan fingerprint density at radius 2 is 2.00 bits per heavy atom. The fourth-order valence-corrected chi connectivity index (χ4v) is 3.64. The monoisotopic (exact) mass is 318 g/mol. The number of piperidine rings is 1. The first-order valence-corrected chi connectivity index (χ1v) is 8.62. The van der Waals surface area contributed by atoms with Gasteiger partial charge in [-0.15, -0.1) is 11.3 Å². The van der Waals surface area contributed by atoms with E-state index < -0.39 is 10.2 Å². The van der Waals surface area contributed by atoms with Crippen molar-refractivity contribution in [1.82, 2.24) is 9.29 Å². The van der Waals surface area contributed by atoms with Gasteiger partial charge < -0.3 is 5.32 Å². The van der Waals surface area contributed by atoms with Crippen molar-refractivity contribution >= 4 is 32.6 Å². The lowest BCUT2D eigenvalue weighted by atomic mass is 9.97. The van der Waals surface area contributed by atoms with Crippen LogP contribution in [0.5, 0.6) is 0 Å². The minimum absolute atomic E-state index is 0.104. The number of carbonyl (C=O) groups is 1. The summed E-state index contributed by atoms with van der Waals surface area (Å²) in [6, 6.07) is 0. The van der Waals surface area contributed by atoms with Gasteiger partial charge in [0.1, 0.15) is 0 Å². The van der Waals surface area contributed by atoms with Crippen LogP contribution in [-0.2, 0) is 15.0 Å². The first kappa shape index (κ1) is 15.4.